The monoisotopic (exact) mass is 170 g/mol. The van der Waals surface area contributed by atoms with Gasteiger partial charge in [0.15, 0.2) is 5.78 Å². The second kappa shape index (κ2) is 6.31. The van der Waals surface area contributed by atoms with Gasteiger partial charge in [0.2, 0.25) is 0 Å². The molecule has 0 aliphatic heterocycles. The Morgan fingerprint density at radius 1 is 1.64 bits per heavy atom. The van der Waals surface area contributed by atoms with Gasteiger partial charge in [-0.1, -0.05) is 13.1 Å². The molecule has 0 unspecified atom stereocenters. The molecular formula is C8H14O2Si. The second-order valence-corrected chi connectivity index (χ2v) is 3.36. The maximum Gasteiger partial charge on any atom is 0.160 e. The van der Waals surface area contributed by atoms with Gasteiger partial charge in [0.1, 0.15) is 0 Å². The number of hydrogen-bond acceptors (Lipinski definition) is 2. The van der Waals surface area contributed by atoms with Crippen LogP contribution in [0.4, 0.5) is 0 Å². The zero-order chi connectivity index (χ0) is 8.69. The van der Waals surface area contributed by atoms with Crippen molar-refractivity contribution in [3.63, 3.8) is 0 Å². The lowest BCUT2D eigenvalue weighted by Gasteiger charge is -2.00. The zero-order valence-electron chi connectivity index (χ0n) is 7.14. The molecule has 0 amide bonds. The lowest BCUT2D eigenvalue weighted by atomic mass is 10.2. The minimum absolute atomic E-state index is 0.101. The summed E-state index contributed by atoms with van der Waals surface area (Å²) in [6.07, 6.45) is 1.24. The molecule has 0 rings (SSSR count). The molecule has 2 nitrogen and oxygen atoms in total. The van der Waals surface area contributed by atoms with Gasteiger partial charge in [-0.05, 0) is 12.5 Å². The molecule has 0 N–H and O–H groups in total. The molecule has 0 saturated carbocycles. The largest absolute Gasteiger partial charge is 0.385 e. The van der Waals surface area contributed by atoms with Crippen LogP contribution in [0.5, 0.6) is 0 Å². The number of carbonyl (C=O) groups excluding carboxylic acids is 1. The lowest BCUT2D eigenvalue weighted by Crippen LogP contribution is -2.07. The normalized spacial score (nSPS) is 9.64. The van der Waals surface area contributed by atoms with E-state index < -0.39 is 0 Å². The number of hydrogen-bond donors (Lipinski definition) is 0. The molecule has 0 aromatic heterocycles. The van der Waals surface area contributed by atoms with Crippen LogP contribution in [0.25, 0.3) is 0 Å². The Morgan fingerprint density at radius 2 is 2.27 bits per heavy atom. The van der Waals surface area contributed by atoms with Crippen LogP contribution in [0.15, 0.2) is 12.2 Å². The summed E-state index contributed by atoms with van der Waals surface area (Å²) in [6, 6.07) is 0. The van der Waals surface area contributed by atoms with E-state index in [1.54, 1.807) is 6.92 Å². The van der Waals surface area contributed by atoms with E-state index in [1.807, 2.05) is 0 Å². The average Bonchev–Trinajstić information content (AvgIpc) is 1.97. The molecule has 0 fully saturated rings. The summed E-state index contributed by atoms with van der Waals surface area (Å²) in [5.74, 6) is 0.101. The molecule has 2 radical (unpaired) electrons. The molecule has 0 saturated heterocycles. The van der Waals surface area contributed by atoms with Crippen molar-refractivity contribution in [3.05, 3.63) is 12.2 Å². The maximum absolute atomic E-state index is 10.9. The highest BCUT2D eigenvalue weighted by atomic mass is 28.2. The molecule has 0 aliphatic rings. The van der Waals surface area contributed by atoms with E-state index in [-0.39, 0.29) is 5.78 Å². The van der Waals surface area contributed by atoms with Gasteiger partial charge in [-0.3, -0.25) is 4.79 Å². The number of ketones is 1. The van der Waals surface area contributed by atoms with E-state index in [0.717, 1.165) is 15.7 Å². The summed E-state index contributed by atoms with van der Waals surface area (Å²) in [7, 11) is 0.800. The van der Waals surface area contributed by atoms with Gasteiger partial charge in [-0.15, -0.1) is 0 Å². The van der Waals surface area contributed by atoms with Crippen LogP contribution in [0.3, 0.4) is 0 Å². The van der Waals surface area contributed by atoms with Crippen LogP contribution in [0, 0.1) is 0 Å². The Hall–Kier alpha value is -0.413. The van der Waals surface area contributed by atoms with Crippen LogP contribution in [-0.2, 0) is 9.53 Å². The average molecular weight is 170 g/mol. The number of carbonyl (C=O) groups is 1. The lowest BCUT2D eigenvalue weighted by molar-refractivity contribution is -0.116. The van der Waals surface area contributed by atoms with Crippen LogP contribution < -0.4 is 0 Å². The fourth-order valence-electron chi connectivity index (χ4n) is 0.552. The Kier molecular flexibility index (Phi) is 6.07. The zero-order valence-corrected chi connectivity index (χ0v) is 8.14. The van der Waals surface area contributed by atoms with Crippen LogP contribution in [-0.4, -0.2) is 28.1 Å². The van der Waals surface area contributed by atoms with Crippen LogP contribution >= 0.6 is 0 Å². The quantitative estimate of drug-likeness (QED) is 0.341. The van der Waals surface area contributed by atoms with E-state index in [4.69, 9.17) is 4.74 Å². The number of allylic oxidation sites excluding steroid dienone is 1. The van der Waals surface area contributed by atoms with Gasteiger partial charge in [-0.25, -0.2) is 0 Å². The van der Waals surface area contributed by atoms with Crippen molar-refractivity contribution in [1.82, 2.24) is 0 Å². The minimum atomic E-state index is 0.101. The van der Waals surface area contributed by atoms with Gasteiger partial charge >= 0.3 is 0 Å². The topological polar surface area (TPSA) is 26.3 Å². The molecule has 3 heteroatoms. The van der Waals surface area contributed by atoms with E-state index in [0.29, 0.717) is 18.6 Å². The SMILES string of the molecule is C=C(C)C(=O)CCOC[Si]C. The van der Waals surface area contributed by atoms with E-state index in [1.165, 1.54) is 0 Å². The van der Waals surface area contributed by atoms with Gasteiger partial charge < -0.3 is 4.74 Å². The molecular weight excluding hydrogens is 156 g/mol. The molecule has 0 spiro atoms. The molecule has 0 aliphatic carbocycles. The summed E-state index contributed by atoms with van der Waals surface area (Å²) in [5.41, 5.74) is 0.618. The first-order valence-corrected chi connectivity index (χ1v) is 5.30. The summed E-state index contributed by atoms with van der Waals surface area (Å²) in [6.45, 7) is 7.88. The van der Waals surface area contributed by atoms with E-state index >= 15 is 0 Å². The van der Waals surface area contributed by atoms with Crippen molar-refractivity contribution in [3.8, 4) is 0 Å². The van der Waals surface area contributed by atoms with Crippen molar-refractivity contribution in [1.29, 1.82) is 0 Å². The van der Waals surface area contributed by atoms with Gasteiger partial charge in [-0.2, -0.15) is 0 Å². The molecule has 0 heterocycles. The van der Waals surface area contributed by atoms with Gasteiger partial charge in [0, 0.05) is 12.7 Å². The van der Waals surface area contributed by atoms with Crippen molar-refractivity contribution in [2.45, 2.75) is 19.9 Å². The van der Waals surface area contributed by atoms with E-state index in [2.05, 4.69) is 13.1 Å². The van der Waals surface area contributed by atoms with Crippen LogP contribution in [0.2, 0.25) is 6.55 Å². The third-order valence-corrected chi connectivity index (χ3v) is 1.69. The number of Topliss-reactive ketones (excluding diaryl/α,β-unsaturated/α-hetero) is 1. The minimum Gasteiger partial charge on any atom is -0.385 e. The third kappa shape index (κ3) is 6.00. The molecule has 0 aromatic rings. The standard InChI is InChI=1S/C8H14O2Si/c1-7(2)8(9)4-5-10-6-11-3/h1,4-6H2,2-3H3. The first kappa shape index (κ1) is 10.6. The van der Waals surface area contributed by atoms with Crippen LogP contribution in [0.1, 0.15) is 13.3 Å². The smallest absolute Gasteiger partial charge is 0.160 e. The van der Waals surface area contributed by atoms with Gasteiger partial charge in [0.05, 0.1) is 16.1 Å². The number of rotatable bonds is 6. The summed E-state index contributed by atoms with van der Waals surface area (Å²) >= 11 is 0. The highest BCUT2D eigenvalue weighted by Crippen LogP contribution is 1.94. The first-order valence-electron chi connectivity index (χ1n) is 3.59. The van der Waals surface area contributed by atoms with Crippen molar-refractivity contribution < 1.29 is 9.53 Å². The molecule has 11 heavy (non-hydrogen) atoms. The Morgan fingerprint density at radius 3 is 2.73 bits per heavy atom. The molecule has 62 valence electrons. The molecule has 0 bridgehead atoms. The Labute approximate surface area is 70.5 Å². The first-order chi connectivity index (χ1) is 5.18. The third-order valence-electron chi connectivity index (χ3n) is 1.20. The Balaban J connectivity index is 3.25. The summed E-state index contributed by atoms with van der Waals surface area (Å²) < 4.78 is 5.15. The van der Waals surface area contributed by atoms with Crippen molar-refractivity contribution >= 4 is 15.3 Å². The predicted octanol–water partition coefficient (Wildman–Crippen LogP) is 1.25. The predicted molar refractivity (Wildman–Crippen MR) is 46.9 cm³/mol. The second-order valence-electron chi connectivity index (χ2n) is 2.36. The van der Waals surface area contributed by atoms with Crippen molar-refractivity contribution in [2.24, 2.45) is 0 Å². The van der Waals surface area contributed by atoms with Crippen molar-refractivity contribution in [2.75, 3.05) is 12.8 Å². The number of ether oxygens (including phenoxy) is 1. The summed E-state index contributed by atoms with van der Waals surface area (Å²) in [4.78, 5) is 10.9. The fraction of sp³-hybridized carbons (Fsp3) is 0.625. The van der Waals surface area contributed by atoms with E-state index in [9.17, 15) is 4.79 Å². The highest BCUT2D eigenvalue weighted by Gasteiger charge is 2.00. The molecule has 0 aromatic carbocycles. The van der Waals surface area contributed by atoms with Gasteiger partial charge in [0.25, 0.3) is 0 Å². The molecule has 0 atom stereocenters. The fourth-order valence-corrected chi connectivity index (χ4v) is 0.901. The maximum atomic E-state index is 10.9. The summed E-state index contributed by atoms with van der Waals surface area (Å²) in [5, 5.41) is 0. The highest BCUT2D eigenvalue weighted by molar-refractivity contribution is 6.33. The Bertz CT molecular complexity index is 143.